The minimum Gasteiger partial charge on any atom is -0.402 e. The Morgan fingerprint density at radius 1 is 1.00 bits per heavy atom. The van der Waals surface area contributed by atoms with Crippen molar-refractivity contribution in [1.82, 2.24) is 25.1 Å². The summed E-state index contributed by atoms with van der Waals surface area (Å²) in [5.41, 5.74) is 9.70. The number of hydrogen-bond donors (Lipinski definition) is 3. The number of carbonyl (C=O) groups is 1. The number of halogens is 3. The highest BCUT2D eigenvalue weighted by atomic mass is 35.5. The van der Waals surface area contributed by atoms with Gasteiger partial charge in [-0.2, -0.15) is 0 Å². The van der Waals surface area contributed by atoms with Crippen molar-refractivity contribution in [2.24, 2.45) is 0 Å². The van der Waals surface area contributed by atoms with Gasteiger partial charge in [-0.15, -0.1) is 5.10 Å². The highest BCUT2D eigenvalue weighted by Gasteiger charge is 2.31. The molecule has 3 aromatic carbocycles. The first-order valence-electron chi connectivity index (χ1n) is 14.9. The number of nitrogen functional groups attached to an aromatic ring is 1. The number of para-hydroxylation sites is 1. The molecule has 0 bridgehead atoms. The normalized spacial score (nSPS) is 13.6. The Morgan fingerprint density at radius 3 is 2.53 bits per heavy atom. The molecular weight excluding hydrogens is 616 g/mol. The van der Waals surface area contributed by atoms with Crippen LogP contribution in [0.2, 0.25) is 10.0 Å². The van der Waals surface area contributed by atoms with Gasteiger partial charge in [0.15, 0.2) is 5.69 Å². The number of nitrogens with one attached hydrogen (secondary N) is 2. The van der Waals surface area contributed by atoms with E-state index < -0.39 is 5.82 Å². The fourth-order valence-corrected chi connectivity index (χ4v) is 6.15. The Bertz CT molecular complexity index is 1800. The van der Waals surface area contributed by atoms with Crippen molar-refractivity contribution in [3.63, 3.8) is 0 Å². The quantitative estimate of drug-likeness (QED) is 0.135. The first kappa shape index (κ1) is 30.6. The van der Waals surface area contributed by atoms with Gasteiger partial charge in [0.05, 0.1) is 22.8 Å². The van der Waals surface area contributed by atoms with Crippen LogP contribution in [-0.4, -0.2) is 38.7 Å². The largest absolute Gasteiger partial charge is 0.402 e. The number of nitrogens with two attached hydrogens (primary N) is 1. The minimum atomic E-state index is -0.551. The van der Waals surface area contributed by atoms with E-state index in [1.165, 1.54) is 12.1 Å². The van der Waals surface area contributed by atoms with Gasteiger partial charge in [-0.05, 0) is 60.9 Å². The van der Waals surface area contributed by atoms with Crippen LogP contribution in [0.5, 0.6) is 0 Å². The Labute approximate surface area is 270 Å². The third-order valence-electron chi connectivity index (χ3n) is 7.90. The van der Waals surface area contributed by atoms with E-state index in [0.717, 1.165) is 49.2 Å². The number of benzene rings is 3. The predicted octanol–water partition coefficient (Wildman–Crippen LogP) is 7.44. The fourth-order valence-electron chi connectivity index (χ4n) is 5.80. The molecule has 6 rings (SSSR count). The van der Waals surface area contributed by atoms with Crippen LogP contribution in [0.3, 0.4) is 0 Å². The lowest BCUT2D eigenvalue weighted by Crippen LogP contribution is -2.30. The maximum absolute atomic E-state index is 14.4. The van der Waals surface area contributed by atoms with Crippen LogP contribution in [0.1, 0.15) is 49.4 Å². The SMILES string of the molecule is Nc1nnc(-c2nc(C3CCCCC3)n(-c3cc(Cl)ccc3CC(=O)NCCNc3ccccc3)c2-c2ccc(F)c(Cl)c2)o1. The van der Waals surface area contributed by atoms with E-state index in [1.54, 1.807) is 12.1 Å². The van der Waals surface area contributed by atoms with Gasteiger partial charge in [0.25, 0.3) is 5.89 Å². The van der Waals surface area contributed by atoms with Crippen LogP contribution in [0, 0.1) is 5.82 Å². The van der Waals surface area contributed by atoms with Crippen molar-refractivity contribution in [2.45, 2.75) is 44.4 Å². The van der Waals surface area contributed by atoms with Gasteiger partial charge in [-0.1, -0.05) is 71.8 Å². The molecule has 2 aromatic heterocycles. The number of amides is 1. The zero-order valence-corrected chi connectivity index (χ0v) is 25.9. The molecule has 1 amide bonds. The van der Waals surface area contributed by atoms with E-state index in [4.69, 9.17) is 38.3 Å². The van der Waals surface area contributed by atoms with Gasteiger partial charge in [0.1, 0.15) is 11.6 Å². The summed E-state index contributed by atoms with van der Waals surface area (Å²) in [7, 11) is 0. The van der Waals surface area contributed by atoms with Crippen molar-refractivity contribution in [1.29, 1.82) is 0 Å². The summed E-state index contributed by atoms with van der Waals surface area (Å²) in [5.74, 6) is 0.277. The van der Waals surface area contributed by atoms with E-state index in [1.807, 2.05) is 47.0 Å². The third kappa shape index (κ3) is 6.97. The average Bonchev–Trinajstić information content (AvgIpc) is 3.66. The minimum absolute atomic E-state index is 0.0507. The van der Waals surface area contributed by atoms with Gasteiger partial charge < -0.3 is 20.8 Å². The van der Waals surface area contributed by atoms with Crippen molar-refractivity contribution in [3.05, 3.63) is 94.0 Å². The zero-order valence-electron chi connectivity index (χ0n) is 24.4. The molecule has 45 heavy (non-hydrogen) atoms. The van der Waals surface area contributed by atoms with E-state index in [-0.39, 0.29) is 35.2 Å². The molecule has 0 saturated heterocycles. The maximum Gasteiger partial charge on any atom is 0.313 e. The Hall–Kier alpha value is -4.41. The Balaban J connectivity index is 1.42. The maximum atomic E-state index is 14.4. The lowest BCUT2D eigenvalue weighted by atomic mass is 9.88. The first-order valence-corrected chi connectivity index (χ1v) is 15.6. The molecule has 1 aliphatic rings. The van der Waals surface area contributed by atoms with Crippen LogP contribution in [0.25, 0.3) is 28.5 Å². The summed E-state index contributed by atoms with van der Waals surface area (Å²) in [6, 6.07) is 19.6. The molecule has 0 unspecified atom stereocenters. The Kier molecular flexibility index (Phi) is 9.32. The molecule has 1 aliphatic carbocycles. The molecule has 5 aromatic rings. The number of carbonyl (C=O) groups excluding carboxylic acids is 1. The van der Waals surface area contributed by atoms with Gasteiger partial charge in [0, 0.05) is 35.3 Å². The van der Waals surface area contributed by atoms with E-state index in [9.17, 15) is 9.18 Å². The van der Waals surface area contributed by atoms with E-state index in [2.05, 4.69) is 20.8 Å². The van der Waals surface area contributed by atoms with Crippen molar-refractivity contribution in [3.8, 4) is 28.5 Å². The second kappa shape index (κ2) is 13.7. The lowest BCUT2D eigenvalue weighted by molar-refractivity contribution is -0.120. The highest BCUT2D eigenvalue weighted by Crippen LogP contribution is 2.42. The second-order valence-corrected chi connectivity index (χ2v) is 11.8. The van der Waals surface area contributed by atoms with Crippen LogP contribution in [0.15, 0.2) is 71.1 Å². The van der Waals surface area contributed by atoms with Crippen LogP contribution < -0.4 is 16.4 Å². The third-order valence-corrected chi connectivity index (χ3v) is 8.42. The van der Waals surface area contributed by atoms with Crippen LogP contribution in [-0.2, 0) is 11.2 Å². The zero-order chi connectivity index (χ0) is 31.3. The van der Waals surface area contributed by atoms with Crippen LogP contribution in [0.4, 0.5) is 16.1 Å². The molecular formula is C33H32Cl2FN7O2. The van der Waals surface area contributed by atoms with Gasteiger partial charge in [-0.3, -0.25) is 9.36 Å². The molecule has 1 saturated carbocycles. The molecule has 0 spiro atoms. The molecule has 2 heterocycles. The van der Waals surface area contributed by atoms with Crippen molar-refractivity contribution in [2.75, 3.05) is 24.1 Å². The number of rotatable bonds is 10. The number of nitrogens with zero attached hydrogens (tertiary/aromatic N) is 4. The summed E-state index contributed by atoms with van der Waals surface area (Å²) >= 11 is 12.9. The van der Waals surface area contributed by atoms with E-state index in [0.29, 0.717) is 40.8 Å². The van der Waals surface area contributed by atoms with Crippen LogP contribution >= 0.6 is 23.2 Å². The monoisotopic (exact) mass is 647 g/mol. The van der Waals surface area contributed by atoms with Crippen molar-refractivity contribution < 1.29 is 13.6 Å². The summed E-state index contributed by atoms with van der Waals surface area (Å²) in [5, 5.41) is 14.7. The van der Waals surface area contributed by atoms with E-state index >= 15 is 0 Å². The predicted molar refractivity (Wildman–Crippen MR) is 174 cm³/mol. The Morgan fingerprint density at radius 2 is 1.80 bits per heavy atom. The molecule has 4 N–H and O–H groups in total. The molecule has 232 valence electrons. The second-order valence-electron chi connectivity index (χ2n) is 11.0. The smallest absolute Gasteiger partial charge is 0.313 e. The van der Waals surface area contributed by atoms with Gasteiger partial charge >= 0.3 is 6.01 Å². The fraction of sp³-hybridized carbons (Fsp3) is 0.273. The summed E-state index contributed by atoms with van der Waals surface area (Å²) in [4.78, 5) is 18.3. The van der Waals surface area contributed by atoms with Gasteiger partial charge in [-0.25, -0.2) is 9.37 Å². The number of aromatic nitrogens is 4. The topological polar surface area (TPSA) is 124 Å². The summed E-state index contributed by atoms with van der Waals surface area (Å²) < 4.78 is 22.0. The molecule has 0 aliphatic heterocycles. The molecule has 12 heteroatoms. The first-order chi connectivity index (χ1) is 21.9. The van der Waals surface area contributed by atoms with Gasteiger partial charge in [0.2, 0.25) is 5.91 Å². The number of anilines is 2. The van der Waals surface area contributed by atoms with Crippen molar-refractivity contribution >= 4 is 40.8 Å². The average molecular weight is 649 g/mol. The number of hydrogen-bond acceptors (Lipinski definition) is 7. The summed E-state index contributed by atoms with van der Waals surface area (Å²) in [6.07, 6.45) is 5.20. The molecule has 1 fully saturated rings. The highest BCUT2D eigenvalue weighted by molar-refractivity contribution is 6.31. The standard InChI is InChI=1S/C33H32Cl2FN7O2/c34-23-13-11-21(18-28(44)39-16-15-38-24-9-5-2-6-10-24)27(19-23)43-30(22-12-14-26(36)25(35)17-22)29(32-41-42-33(37)45-32)40-31(43)20-7-3-1-4-8-20/h2,5-6,9-14,17,19-20,38H,1,3-4,7-8,15-16,18H2,(H2,37,42)(H,39,44). The molecule has 9 nitrogen and oxygen atoms in total. The lowest BCUT2D eigenvalue weighted by Gasteiger charge is -2.24. The number of imidazole rings is 1. The molecule has 0 radical (unpaired) electrons. The summed E-state index contributed by atoms with van der Waals surface area (Å²) in [6.45, 7) is 1.01. The molecule has 0 atom stereocenters.